The number of isocyanates is 1. The van der Waals surface area contributed by atoms with Gasteiger partial charge in [0.25, 0.3) is 0 Å². The minimum Gasteiger partial charge on any atom is -0.399 e. The van der Waals surface area contributed by atoms with E-state index in [1.165, 1.54) is 6.08 Å². The molecule has 1 heterocycles. The molecule has 0 bridgehead atoms. The van der Waals surface area contributed by atoms with Crippen LogP contribution in [0.4, 0.5) is 11.4 Å². The second-order valence-corrected chi connectivity index (χ2v) is 5.03. The average molecular weight is 267 g/mol. The summed E-state index contributed by atoms with van der Waals surface area (Å²) < 4.78 is 1.04. The number of thiazole rings is 1. The zero-order chi connectivity index (χ0) is 13.2. The molecule has 0 fully saturated rings. The lowest BCUT2D eigenvalue weighted by atomic mass is 10.2. The molecule has 0 aliphatic rings. The Hall–Kier alpha value is -2.49. The number of benzene rings is 2. The second-order valence-electron chi connectivity index (χ2n) is 4.00. The molecule has 0 saturated heterocycles. The maximum Gasteiger partial charge on any atom is 0.240 e. The van der Waals surface area contributed by atoms with Gasteiger partial charge >= 0.3 is 0 Å². The Balaban J connectivity index is 2.13. The molecule has 19 heavy (non-hydrogen) atoms. The van der Waals surface area contributed by atoms with E-state index in [2.05, 4.69) is 9.98 Å². The van der Waals surface area contributed by atoms with E-state index in [1.807, 2.05) is 36.4 Å². The highest BCUT2D eigenvalue weighted by Crippen LogP contribution is 2.32. The Morgan fingerprint density at radius 2 is 2.11 bits per heavy atom. The van der Waals surface area contributed by atoms with Gasteiger partial charge in [-0.15, -0.1) is 11.3 Å². The van der Waals surface area contributed by atoms with E-state index in [0.717, 1.165) is 26.5 Å². The Morgan fingerprint density at radius 1 is 1.21 bits per heavy atom. The van der Waals surface area contributed by atoms with Crippen molar-refractivity contribution >= 4 is 39.0 Å². The first kappa shape index (κ1) is 11.6. The second kappa shape index (κ2) is 4.65. The van der Waals surface area contributed by atoms with Crippen LogP contribution in [-0.4, -0.2) is 11.1 Å². The first-order valence-corrected chi connectivity index (χ1v) is 6.42. The maximum absolute atomic E-state index is 10.3. The van der Waals surface area contributed by atoms with Crippen molar-refractivity contribution in [3.05, 3.63) is 42.5 Å². The molecule has 0 amide bonds. The number of hydrogen-bond donors (Lipinski definition) is 1. The van der Waals surface area contributed by atoms with Gasteiger partial charge in [-0.2, -0.15) is 4.99 Å². The number of carbonyl (C=O) groups excluding carboxylic acids is 1. The number of aromatic nitrogens is 1. The molecular formula is C14H9N3OS. The summed E-state index contributed by atoms with van der Waals surface area (Å²) in [6.07, 6.45) is 1.54. The fraction of sp³-hybridized carbons (Fsp3) is 0. The molecular weight excluding hydrogens is 258 g/mol. The molecule has 4 nitrogen and oxygen atoms in total. The van der Waals surface area contributed by atoms with Crippen LogP contribution in [0, 0.1) is 0 Å². The summed E-state index contributed by atoms with van der Waals surface area (Å²) in [7, 11) is 0. The fourth-order valence-corrected chi connectivity index (χ4v) is 2.84. The summed E-state index contributed by atoms with van der Waals surface area (Å²) in [5.41, 5.74) is 8.90. The van der Waals surface area contributed by atoms with Gasteiger partial charge in [-0.25, -0.2) is 9.78 Å². The molecule has 3 rings (SSSR count). The van der Waals surface area contributed by atoms with Crippen LogP contribution in [0.15, 0.2) is 47.5 Å². The third-order valence-electron chi connectivity index (χ3n) is 2.68. The molecule has 0 unspecified atom stereocenters. The van der Waals surface area contributed by atoms with Crippen molar-refractivity contribution in [1.82, 2.24) is 4.98 Å². The quantitative estimate of drug-likeness (QED) is 0.439. The van der Waals surface area contributed by atoms with Crippen molar-refractivity contribution in [3.63, 3.8) is 0 Å². The van der Waals surface area contributed by atoms with Crippen LogP contribution in [0.25, 0.3) is 20.8 Å². The predicted molar refractivity (Wildman–Crippen MR) is 77.2 cm³/mol. The molecule has 0 radical (unpaired) electrons. The van der Waals surface area contributed by atoms with E-state index in [4.69, 9.17) is 5.73 Å². The highest BCUT2D eigenvalue weighted by molar-refractivity contribution is 7.21. The van der Waals surface area contributed by atoms with Crippen LogP contribution in [-0.2, 0) is 4.79 Å². The van der Waals surface area contributed by atoms with Crippen LogP contribution in [0.2, 0.25) is 0 Å². The number of fused-ring (bicyclic) bond motifs is 1. The minimum absolute atomic E-state index is 0.575. The van der Waals surface area contributed by atoms with Crippen LogP contribution in [0.5, 0.6) is 0 Å². The summed E-state index contributed by atoms with van der Waals surface area (Å²) in [5, 5.41) is 0.878. The monoisotopic (exact) mass is 267 g/mol. The molecule has 92 valence electrons. The van der Waals surface area contributed by atoms with Crippen molar-refractivity contribution < 1.29 is 4.79 Å². The number of anilines is 1. The molecule has 0 spiro atoms. The van der Waals surface area contributed by atoms with Gasteiger partial charge < -0.3 is 5.73 Å². The number of aliphatic imine (C=N–C) groups is 1. The predicted octanol–water partition coefficient (Wildman–Crippen LogP) is 3.51. The lowest BCUT2D eigenvalue weighted by molar-refractivity contribution is 0.565. The molecule has 0 aliphatic carbocycles. The summed E-state index contributed by atoms with van der Waals surface area (Å²) >= 11 is 1.56. The Morgan fingerprint density at radius 3 is 2.95 bits per heavy atom. The van der Waals surface area contributed by atoms with E-state index in [0.29, 0.717) is 5.69 Å². The number of hydrogen-bond acceptors (Lipinski definition) is 5. The van der Waals surface area contributed by atoms with Gasteiger partial charge in [0, 0.05) is 11.3 Å². The van der Waals surface area contributed by atoms with Crippen molar-refractivity contribution in [2.45, 2.75) is 0 Å². The van der Waals surface area contributed by atoms with Gasteiger partial charge in [-0.1, -0.05) is 12.1 Å². The van der Waals surface area contributed by atoms with Crippen molar-refractivity contribution in [1.29, 1.82) is 0 Å². The molecule has 5 heteroatoms. The Kier molecular flexibility index (Phi) is 2.83. The Bertz CT molecular complexity index is 803. The largest absolute Gasteiger partial charge is 0.399 e. The van der Waals surface area contributed by atoms with Crippen molar-refractivity contribution in [2.24, 2.45) is 4.99 Å². The first-order valence-electron chi connectivity index (χ1n) is 5.60. The van der Waals surface area contributed by atoms with Crippen LogP contribution in [0.1, 0.15) is 0 Å². The van der Waals surface area contributed by atoms with Crippen LogP contribution < -0.4 is 5.73 Å². The summed E-state index contributed by atoms with van der Waals surface area (Å²) in [6, 6.07) is 13.0. The SMILES string of the molecule is Nc1ccc2nc(-c3cccc(N=C=O)c3)sc2c1. The molecule has 0 aliphatic heterocycles. The third-order valence-corrected chi connectivity index (χ3v) is 3.75. The number of nitrogens with two attached hydrogens (primary N) is 1. The van der Waals surface area contributed by atoms with Crippen LogP contribution >= 0.6 is 11.3 Å². The lowest BCUT2D eigenvalue weighted by Crippen LogP contribution is -1.81. The number of nitrogen functional groups attached to an aromatic ring is 1. The van der Waals surface area contributed by atoms with Crippen molar-refractivity contribution in [3.8, 4) is 10.6 Å². The average Bonchev–Trinajstić information content (AvgIpc) is 2.82. The lowest BCUT2D eigenvalue weighted by Gasteiger charge is -1.96. The van der Waals surface area contributed by atoms with Gasteiger partial charge in [-0.05, 0) is 30.3 Å². The third kappa shape index (κ3) is 2.25. The fourth-order valence-electron chi connectivity index (χ4n) is 1.83. The van der Waals surface area contributed by atoms with Gasteiger partial charge in [0.1, 0.15) is 5.01 Å². The van der Waals surface area contributed by atoms with E-state index >= 15 is 0 Å². The van der Waals surface area contributed by atoms with E-state index in [9.17, 15) is 4.79 Å². The molecule has 0 atom stereocenters. The van der Waals surface area contributed by atoms with Gasteiger partial charge in [0.15, 0.2) is 0 Å². The number of rotatable bonds is 2. The van der Waals surface area contributed by atoms with Gasteiger partial charge in [0.2, 0.25) is 6.08 Å². The first-order chi connectivity index (χ1) is 9.26. The standard InChI is InChI=1S/C14H9N3OS/c15-10-4-5-12-13(7-10)19-14(17-12)9-2-1-3-11(6-9)16-8-18/h1-7H,15H2. The summed E-state index contributed by atoms with van der Waals surface area (Å²) in [4.78, 5) is 18.4. The van der Waals surface area contributed by atoms with Crippen LogP contribution in [0.3, 0.4) is 0 Å². The minimum atomic E-state index is 0.575. The van der Waals surface area contributed by atoms with Gasteiger partial charge in [-0.3, -0.25) is 0 Å². The normalized spacial score (nSPS) is 10.3. The summed E-state index contributed by atoms with van der Waals surface area (Å²) in [5.74, 6) is 0. The zero-order valence-electron chi connectivity index (χ0n) is 9.83. The highest BCUT2D eigenvalue weighted by Gasteiger charge is 2.07. The smallest absolute Gasteiger partial charge is 0.240 e. The molecule has 2 N–H and O–H groups in total. The zero-order valence-corrected chi connectivity index (χ0v) is 10.6. The van der Waals surface area contributed by atoms with E-state index in [1.54, 1.807) is 17.4 Å². The van der Waals surface area contributed by atoms with E-state index in [-0.39, 0.29) is 0 Å². The highest BCUT2D eigenvalue weighted by atomic mass is 32.1. The molecule has 3 aromatic rings. The van der Waals surface area contributed by atoms with E-state index < -0.39 is 0 Å². The van der Waals surface area contributed by atoms with Crippen molar-refractivity contribution in [2.75, 3.05) is 5.73 Å². The molecule has 0 saturated carbocycles. The number of nitrogens with zero attached hydrogens (tertiary/aromatic N) is 2. The summed E-state index contributed by atoms with van der Waals surface area (Å²) in [6.45, 7) is 0. The Labute approximate surface area is 113 Å². The topological polar surface area (TPSA) is 68.3 Å². The maximum atomic E-state index is 10.3. The molecule has 2 aromatic carbocycles. The molecule has 1 aromatic heterocycles. The van der Waals surface area contributed by atoms with Gasteiger partial charge in [0.05, 0.1) is 15.9 Å².